The van der Waals surface area contributed by atoms with E-state index in [1.54, 1.807) is 0 Å². The minimum Gasteiger partial charge on any atom is -0.493 e. The van der Waals surface area contributed by atoms with Crippen molar-refractivity contribution in [1.82, 2.24) is 5.32 Å². The minimum absolute atomic E-state index is 0.368. The number of rotatable bonds is 4. The van der Waals surface area contributed by atoms with Crippen LogP contribution in [0.25, 0.3) is 0 Å². The Morgan fingerprint density at radius 1 is 1.56 bits per heavy atom. The van der Waals surface area contributed by atoms with Gasteiger partial charge in [-0.05, 0) is 30.3 Å². The summed E-state index contributed by atoms with van der Waals surface area (Å²) in [7, 11) is 1.84. The van der Waals surface area contributed by atoms with Gasteiger partial charge in [0, 0.05) is 23.9 Å². The molecule has 0 spiro atoms. The molecule has 0 aromatic heterocycles. The normalized spacial score (nSPS) is 15.7. The first kappa shape index (κ1) is 11.9. The topological polar surface area (TPSA) is 41.5 Å². The molecule has 1 aliphatic rings. The molecule has 16 heavy (non-hydrogen) atoms. The maximum Gasteiger partial charge on any atom is 0.125 e. The number of fused-ring (bicyclic) bond motifs is 1. The molecule has 4 heteroatoms. The van der Waals surface area contributed by atoms with Gasteiger partial charge in [-0.2, -0.15) is 0 Å². The molecule has 0 radical (unpaired) electrons. The Morgan fingerprint density at radius 2 is 2.38 bits per heavy atom. The van der Waals surface area contributed by atoms with Crippen LogP contribution in [0.5, 0.6) is 5.75 Å². The molecule has 1 atom stereocenters. The largest absolute Gasteiger partial charge is 0.493 e. The van der Waals surface area contributed by atoms with Crippen molar-refractivity contribution in [2.24, 2.45) is 0 Å². The van der Waals surface area contributed by atoms with Crippen LogP contribution >= 0.6 is 15.9 Å². The predicted octanol–water partition coefficient (Wildman–Crippen LogP) is 1.51. The van der Waals surface area contributed by atoms with Gasteiger partial charge in [0.2, 0.25) is 0 Å². The Bertz CT molecular complexity index is 382. The first-order valence-electron chi connectivity index (χ1n) is 5.47. The molecule has 1 aromatic carbocycles. The smallest absolute Gasteiger partial charge is 0.125 e. The zero-order valence-electron chi connectivity index (χ0n) is 9.29. The van der Waals surface area contributed by atoms with Crippen molar-refractivity contribution >= 4 is 15.9 Å². The van der Waals surface area contributed by atoms with Crippen molar-refractivity contribution in [3.05, 3.63) is 27.7 Å². The second-order valence-corrected chi connectivity index (χ2v) is 4.98. The van der Waals surface area contributed by atoms with Gasteiger partial charge in [0.25, 0.3) is 0 Å². The monoisotopic (exact) mass is 285 g/mol. The molecule has 3 nitrogen and oxygen atoms in total. The van der Waals surface area contributed by atoms with Gasteiger partial charge < -0.3 is 15.2 Å². The summed E-state index contributed by atoms with van der Waals surface area (Å²) in [6, 6.07) is 4.12. The van der Waals surface area contributed by atoms with Crippen molar-refractivity contribution in [2.75, 3.05) is 20.2 Å². The van der Waals surface area contributed by atoms with E-state index in [2.05, 4.69) is 27.3 Å². The average Bonchev–Trinajstić information content (AvgIpc) is 2.65. The lowest BCUT2D eigenvalue weighted by Gasteiger charge is -2.13. The lowest BCUT2D eigenvalue weighted by atomic mass is 10.0. The first-order chi connectivity index (χ1) is 7.70. The van der Waals surface area contributed by atoms with Crippen LogP contribution in [-0.2, 0) is 12.8 Å². The third-order valence-corrected chi connectivity index (χ3v) is 3.18. The Labute approximate surface area is 104 Å². The van der Waals surface area contributed by atoms with Crippen LogP contribution in [0.3, 0.4) is 0 Å². The molecule has 2 rings (SSSR count). The molecule has 1 aromatic rings. The van der Waals surface area contributed by atoms with Crippen LogP contribution in [0.15, 0.2) is 16.6 Å². The van der Waals surface area contributed by atoms with Crippen molar-refractivity contribution in [1.29, 1.82) is 0 Å². The fraction of sp³-hybridized carbons (Fsp3) is 0.500. The fourth-order valence-electron chi connectivity index (χ4n) is 2.06. The quantitative estimate of drug-likeness (QED) is 0.881. The molecule has 1 aliphatic heterocycles. The van der Waals surface area contributed by atoms with E-state index in [0.717, 1.165) is 28.8 Å². The Hall–Kier alpha value is -0.580. The van der Waals surface area contributed by atoms with E-state index >= 15 is 0 Å². The van der Waals surface area contributed by atoms with Gasteiger partial charge in [-0.15, -0.1) is 0 Å². The summed E-state index contributed by atoms with van der Waals surface area (Å²) in [6.45, 7) is 1.35. The van der Waals surface area contributed by atoms with Gasteiger partial charge >= 0.3 is 0 Å². The lowest BCUT2D eigenvalue weighted by Crippen LogP contribution is -2.25. The van der Waals surface area contributed by atoms with Crippen molar-refractivity contribution < 1.29 is 9.84 Å². The number of hydrogen-bond acceptors (Lipinski definition) is 3. The van der Waals surface area contributed by atoms with Gasteiger partial charge in [-0.3, -0.25) is 0 Å². The SMILES string of the molecule is CNCC(O)Cc1cc(Br)cc2c1OCC2. The van der Waals surface area contributed by atoms with Crippen LogP contribution in [0.2, 0.25) is 0 Å². The molecule has 2 N–H and O–H groups in total. The Kier molecular flexibility index (Phi) is 3.84. The minimum atomic E-state index is -0.368. The number of benzene rings is 1. The number of likely N-dealkylation sites (N-methyl/N-ethyl adjacent to an activating group) is 1. The number of hydrogen-bond donors (Lipinski definition) is 2. The molecule has 0 saturated carbocycles. The summed E-state index contributed by atoms with van der Waals surface area (Å²) < 4.78 is 6.67. The van der Waals surface area contributed by atoms with Gasteiger partial charge in [0.15, 0.2) is 0 Å². The molecule has 1 heterocycles. The van der Waals surface area contributed by atoms with E-state index in [1.807, 2.05) is 13.1 Å². The zero-order valence-corrected chi connectivity index (χ0v) is 10.9. The molecule has 0 aliphatic carbocycles. The lowest BCUT2D eigenvalue weighted by molar-refractivity contribution is 0.173. The molecule has 0 saturated heterocycles. The maximum atomic E-state index is 9.79. The average molecular weight is 286 g/mol. The molecule has 88 valence electrons. The number of nitrogens with one attached hydrogen (secondary N) is 1. The zero-order chi connectivity index (χ0) is 11.5. The highest BCUT2D eigenvalue weighted by Gasteiger charge is 2.19. The molecule has 1 unspecified atom stereocenters. The van der Waals surface area contributed by atoms with E-state index in [4.69, 9.17) is 4.74 Å². The Morgan fingerprint density at radius 3 is 3.12 bits per heavy atom. The number of halogens is 1. The van der Waals surface area contributed by atoms with E-state index < -0.39 is 0 Å². The Balaban J connectivity index is 2.20. The van der Waals surface area contributed by atoms with Crippen LogP contribution in [-0.4, -0.2) is 31.4 Å². The highest BCUT2D eigenvalue weighted by Crippen LogP contribution is 2.33. The molecular weight excluding hydrogens is 270 g/mol. The second kappa shape index (κ2) is 5.17. The highest BCUT2D eigenvalue weighted by atomic mass is 79.9. The van der Waals surface area contributed by atoms with Gasteiger partial charge in [0.05, 0.1) is 12.7 Å². The number of aliphatic hydroxyl groups excluding tert-OH is 1. The molecule has 0 bridgehead atoms. The van der Waals surface area contributed by atoms with Gasteiger partial charge in [0.1, 0.15) is 5.75 Å². The van der Waals surface area contributed by atoms with Crippen LogP contribution < -0.4 is 10.1 Å². The van der Waals surface area contributed by atoms with Gasteiger partial charge in [-0.1, -0.05) is 15.9 Å². The maximum absolute atomic E-state index is 9.79. The molecule has 0 amide bonds. The van der Waals surface area contributed by atoms with Gasteiger partial charge in [-0.25, -0.2) is 0 Å². The first-order valence-corrected chi connectivity index (χ1v) is 6.26. The standard InChI is InChI=1S/C12H16BrNO2/c1-14-7-11(15)6-9-5-10(13)4-8-2-3-16-12(8)9/h4-5,11,14-15H,2-3,6-7H2,1H3. The summed E-state index contributed by atoms with van der Waals surface area (Å²) >= 11 is 3.49. The molecular formula is C12H16BrNO2. The van der Waals surface area contributed by atoms with Crippen LogP contribution in [0, 0.1) is 0 Å². The summed E-state index contributed by atoms with van der Waals surface area (Å²) in [6.07, 6.45) is 1.22. The number of aliphatic hydroxyl groups is 1. The van der Waals surface area contributed by atoms with E-state index in [1.165, 1.54) is 5.56 Å². The van der Waals surface area contributed by atoms with E-state index in [9.17, 15) is 5.11 Å². The third kappa shape index (κ3) is 2.56. The van der Waals surface area contributed by atoms with Crippen molar-refractivity contribution in [3.8, 4) is 5.75 Å². The number of ether oxygens (including phenoxy) is 1. The predicted molar refractivity (Wildman–Crippen MR) is 67.0 cm³/mol. The summed E-state index contributed by atoms with van der Waals surface area (Å²) in [4.78, 5) is 0. The highest BCUT2D eigenvalue weighted by molar-refractivity contribution is 9.10. The summed E-state index contributed by atoms with van der Waals surface area (Å²) in [5.41, 5.74) is 2.32. The second-order valence-electron chi connectivity index (χ2n) is 4.07. The van der Waals surface area contributed by atoms with Crippen LogP contribution in [0.4, 0.5) is 0 Å². The summed E-state index contributed by atoms with van der Waals surface area (Å²) in [5.74, 6) is 0.971. The van der Waals surface area contributed by atoms with Crippen LogP contribution in [0.1, 0.15) is 11.1 Å². The summed E-state index contributed by atoms with van der Waals surface area (Å²) in [5, 5.41) is 12.8. The third-order valence-electron chi connectivity index (χ3n) is 2.72. The van der Waals surface area contributed by atoms with E-state index in [0.29, 0.717) is 13.0 Å². The van der Waals surface area contributed by atoms with Crippen molar-refractivity contribution in [3.63, 3.8) is 0 Å². The van der Waals surface area contributed by atoms with E-state index in [-0.39, 0.29) is 6.10 Å². The molecule has 0 fully saturated rings. The fourth-order valence-corrected chi connectivity index (χ4v) is 2.61. The van der Waals surface area contributed by atoms with Crippen molar-refractivity contribution in [2.45, 2.75) is 18.9 Å².